The van der Waals surface area contributed by atoms with Crippen molar-refractivity contribution in [1.82, 2.24) is 20.1 Å². The highest BCUT2D eigenvalue weighted by atomic mass is 16.5. The van der Waals surface area contributed by atoms with E-state index >= 15 is 0 Å². The molecule has 1 aliphatic rings. The summed E-state index contributed by atoms with van der Waals surface area (Å²) in [5.41, 5.74) is 4.10. The molecule has 2 rings (SSSR count). The molecular weight excluding hydrogens is 266 g/mol. The van der Waals surface area contributed by atoms with Crippen molar-refractivity contribution in [3.05, 3.63) is 11.9 Å². The zero-order valence-corrected chi connectivity index (χ0v) is 13.7. The van der Waals surface area contributed by atoms with Crippen LogP contribution < -0.4 is 16.0 Å². The number of likely N-dealkylation sites (N-methyl/N-ethyl adjacent to an activating group) is 1. The second kappa shape index (κ2) is 7.24. The number of methoxy groups -OCH3 is 1. The Hall–Kier alpha value is -1.11. The predicted molar refractivity (Wildman–Crippen MR) is 83.9 cm³/mol. The lowest BCUT2D eigenvalue weighted by molar-refractivity contribution is 0.311. The van der Waals surface area contributed by atoms with Gasteiger partial charge < -0.3 is 9.64 Å². The Labute approximate surface area is 127 Å². The summed E-state index contributed by atoms with van der Waals surface area (Å²) >= 11 is 0. The fraction of sp³-hybridized carbons (Fsp3) is 0.800. The smallest absolute Gasteiger partial charge is 0.161 e. The molecule has 21 heavy (non-hydrogen) atoms. The van der Waals surface area contributed by atoms with Crippen LogP contribution >= 0.6 is 0 Å². The van der Waals surface area contributed by atoms with Crippen molar-refractivity contribution in [2.24, 2.45) is 17.7 Å². The quantitative estimate of drug-likeness (QED) is 0.588. The first-order valence-electron chi connectivity index (χ1n) is 7.77. The topological polar surface area (TPSA) is 68.3 Å². The highest BCUT2D eigenvalue weighted by Gasteiger charge is 2.33. The third-order valence-electron chi connectivity index (χ3n) is 4.50. The first kappa shape index (κ1) is 16.3. The van der Waals surface area contributed by atoms with Gasteiger partial charge in [0.2, 0.25) is 0 Å². The molecule has 0 aliphatic heterocycles. The van der Waals surface area contributed by atoms with Gasteiger partial charge in [-0.3, -0.25) is 16.0 Å². The highest BCUT2D eigenvalue weighted by Crippen LogP contribution is 2.40. The Morgan fingerprint density at radius 1 is 1.52 bits per heavy atom. The van der Waals surface area contributed by atoms with Crippen molar-refractivity contribution in [2.75, 3.05) is 27.7 Å². The molecule has 1 aromatic rings. The van der Waals surface area contributed by atoms with Gasteiger partial charge in [-0.15, -0.1) is 0 Å². The van der Waals surface area contributed by atoms with Gasteiger partial charge in [-0.2, -0.15) is 5.10 Å². The van der Waals surface area contributed by atoms with Crippen molar-refractivity contribution in [3.8, 4) is 5.75 Å². The van der Waals surface area contributed by atoms with Crippen molar-refractivity contribution in [3.63, 3.8) is 0 Å². The largest absolute Gasteiger partial charge is 0.493 e. The van der Waals surface area contributed by atoms with Crippen LogP contribution in [0.25, 0.3) is 0 Å². The summed E-state index contributed by atoms with van der Waals surface area (Å²) in [6.45, 7) is 4.09. The molecule has 0 spiro atoms. The molecule has 0 radical (unpaired) electrons. The lowest BCUT2D eigenvalue weighted by Gasteiger charge is -2.25. The number of nitrogens with one attached hydrogen (secondary N) is 1. The molecule has 0 amide bonds. The van der Waals surface area contributed by atoms with Gasteiger partial charge in [0.05, 0.1) is 31.6 Å². The lowest BCUT2D eigenvalue weighted by atomic mass is 9.94. The summed E-state index contributed by atoms with van der Waals surface area (Å²) in [4.78, 5) is 2.15. The number of ether oxygens (including phenoxy) is 1. The van der Waals surface area contributed by atoms with E-state index in [1.165, 1.54) is 19.3 Å². The molecule has 1 aromatic heterocycles. The van der Waals surface area contributed by atoms with Gasteiger partial charge in [-0.05, 0) is 38.8 Å². The van der Waals surface area contributed by atoms with E-state index in [1.807, 2.05) is 4.68 Å². The number of hydrogen-bond acceptors (Lipinski definition) is 5. The fourth-order valence-electron chi connectivity index (χ4n) is 3.31. The summed E-state index contributed by atoms with van der Waals surface area (Å²) in [6, 6.07) is 0.106. The third-order valence-corrected chi connectivity index (χ3v) is 4.50. The third kappa shape index (κ3) is 3.75. The van der Waals surface area contributed by atoms with E-state index in [-0.39, 0.29) is 6.04 Å². The van der Waals surface area contributed by atoms with Gasteiger partial charge >= 0.3 is 0 Å². The van der Waals surface area contributed by atoms with E-state index in [4.69, 9.17) is 10.6 Å². The molecule has 3 unspecified atom stereocenters. The van der Waals surface area contributed by atoms with Gasteiger partial charge in [0, 0.05) is 6.54 Å². The summed E-state index contributed by atoms with van der Waals surface area (Å²) in [6.07, 6.45) is 5.49. The lowest BCUT2D eigenvalue weighted by Crippen LogP contribution is -2.35. The van der Waals surface area contributed by atoms with Crippen molar-refractivity contribution in [2.45, 2.75) is 38.8 Å². The molecule has 1 fully saturated rings. The number of hydrazine groups is 1. The normalized spacial score (nSPS) is 23.7. The minimum absolute atomic E-state index is 0.106. The first-order chi connectivity index (χ1) is 10.1. The van der Waals surface area contributed by atoms with Gasteiger partial charge in [-0.1, -0.05) is 13.3 Å². The molecule has 3 atom stereocenters. The first-order valence-corrected chi connectivity index (χ1v) is 7.77. The van der Waals surface area contributed by atoms with E-state index < -0.39 is 0 Å². The van der Waals surface area contributed by atoms with Gasteiger partial charge in [-0.25, -0.2) is 0 Å². The van der Waals surface area contributed by atoms with Crippen LogP contribution in [-0.4, -0.2) is 42.4 Å². The van der Waals surface area contributed by atoms with Crippen LogP contribution in [-0.2, 0) is 6.54 Å². The zero-order valence-electron chi connectivity index (χ0n) is 13.7. The molecule has 1 saturated carbocycles. The fourth-order valence-corrected chi connectivity index (χ4v) is 3.31. The molecule has 0 saturated heterocycles. The molecule has 1 heterocycles. The van der Waals surface area contributed by atoms with E-state index in [9.17, 15) is 0 Å². The Morgan fingerprint density at radius 2 is 2.29 bits per heavy atom. The Bertz CT molecular complexity index is 445. The average Bonchev–Trinajstić information content (AvgIpc) is 3.05. The van der Waals surface area contributed by atoms with Crippen LogP contribution in [0.4, 0.5) is 0 Å². The molecule has 120 valence electrons. The summed E-state index contributed by atoms with van der Waals surface area (Å²) in [7, 11) is 5.83. The monoisotopic (exact) mass is 295 g/mol. The number of aromatic nitrogens is 2. The van der Waals surface area contributed by atoms with Crippen LogP contribution in [0, 0.1) is 11.8 Å². The van der Waals surface area contributed by atoms with E-state index in [2.05, 4.69) is 36.4 Å². The van der Waals surface area contributed by atoms with Crippen LogP contribution in [0.1, 0.15) is 37.9 Å². The number of nitrogens with zero attached hydrogens (tertiary/aromatic N) is 3. The summed E-state index contributed by atoms with van der Waals surface area (Å²) < 4.78 is 7.54. The van der Waals surface area contributed by atoms with E-state index in [0.717, 1.165) is 30.5 Å². The van der Waals surface area contributed by atoms with E-state index in [0.29, 0.717) is 5.92 Å². The van der Waals surface area contributed by atoms with Crippen LogP contribution in [0.15, 0.2) is 6.20 Å². The minimum Gasteiger partial charge on any atom is -0.493 e. The molecule has 6 nitrogen and oxygen atoms in total. The Kier molecular flexibility index (Phi) is 5.61. The van der Waals surface area contributed by atoms with Gasteiger partial charge in [0.1, 0.15) is 0 Å². The Morgan fingerprint density at radius 3 is 2.81 bits per heavy atom. The second-order valence-electron chi connectivity index (χ2n) is 6.45. The number of nitrogens with two attached hydrogens (primary N) is 1. The summed E-state index contributed by atoms with van der Waals surface area (Å²) in [5, 5.41) is 4.49. The maximum absolute atomic E-state index is 5.88. The van der Waals surface area contributed by atoms with Gasteiger partial charge in [0.25, 0.3) is 0 Å². The standard InChI is InChI=1S/C15H29N5O/c1-11-5-6-12(9-11)14(18-16)15-13(21-4)10-17-20(15)8-7-19(2)3/h10-12,14,18H,5-9,16H2,1-4H3. The van der Waals surface area contributed by atoms with Crippen molar-refractivity contribution in [1.29, 1.82) is 0 Å². The van der Waals surface area contributed by atoms with Crippen LogP contribution in [0.5, 0.6) is 5.75 Å². The van der Waals surface area contributed by atoms with E-state index in [1.54, 1.807) is 13.3 Å². The average molecular weight is 295 g/mol. The van der Waals surface area contributed by atoms with Crippen LogP contribution in [0.3, 0.4) is 0 Å². The number of rotatable bonds is 7. The molecule has 3 N–H and O–H groups in total. The highest BCUT2D eigenvalue weighted by molar-refractivity contribution is 5.29. The zero-order chi connectivity index (χ0) is 15.4. The van der Waals surface area contributed by atoms with Crippen molar-refractivity contribution < 1.29 is 4.74 Å². The molecule has 0 aromatic carbocycles. The predicted octanol–water partition coefficient (Wildman–Crippen LogP) is 1.39. The minimum atomic E-state index is 0.106. The van der Waals surface area contributed by atoms with Crippen LogP contribution in [0.2, 0.25) is 0 Å². The molecular formula is C15H29N5O. The maximum Gasteiger partial charge on any atom is 0.161 e. The van der Waals surface area contributed by atoms with Crippen molar-refractivity contribution >= 4 is 0 Å². The summed E-state index contributed by atoms with van der Waals surface area (Å²) in [5.74, 6) is 8.03. The van der Waals surface area contributed by atoms with Gasteiger partial charge in [0.15, 0.2) is 5.75 Å². The SMILES string of the molecule is COc1cnn(CCN(C)C)c1C(NN)C1CCC(C)C1. The maximum atomic E-state index is 5.88. The second-order valence-corrected chi connectivity index (χ2v) is 6.45. The molecule has 1 aliphatic carbocycles. The Balaban J connectivity index is 2.23. The molecule has 6 heteroatoms. The molecule has 0 bridgehead atoms. The number of hydrogen-bond donors (Lipinski definition) is 2.